The quantitative estimate of drug-likeness (QED) is 0.927. The Bertz CT molecular complexity index is 455. The highest BCUT2D eigenvalue weighted by atomic mass is 79.9. The molecule has 1 atom stereocenters. The maximum absolute atomic E-state index is 12.5. The van der Waals surface area contributed by atoms with Gasteiger partial charge >= 0.3 is 0 Å². The van der Waals surface area contributed by atoms with Crippen LogP contribution in [0.3, 0.4) is 0 Å². The van der Waals surface area contributed by atoms with Crippen LogP contribution < -0.4 is 5.32 Å². The van der Waals surface area contributed by atoms with Crippen LogP contribution in [-0.4, -0.2) is 37.5 Å². The molecule has 1 aliphatic heterocycles. The first-order valence-electron chi connectivity index (χ1n) is 6.81. The molecule has 1 aliphatic rings. The summed E-state index contributed by atoms with van der Waals surface area (Å²) in [5.74, 6) is 0.694. The summed E-state index contributed by atoms with van der Waals surface area (Å²) in [5.41, 5.74) is 1.81. The molecule has 1 aromatic rings. The van der Waals surface area contributed by atoms with E-state index in [0.29, 0.717) is 5.92 Å². The maximum atomic E-state index is 12.5. The van der Waals surface area contributed by atoms with Crippen molar-refractivity contribution >= 4 is 21.8 Å². The SMILES string of the molecule is Cc1c(Br)cccc1C(=O)N(C)CC1CCCNC1. The van der Waals surface area contributed by atoms with Crippen LogP contribution in [0.1, 0.15) is 28.8 Å². The van der Waals surface area contributed by atoms with Gasteiger partial charge in [0.15, 0.2) is 0 Å². The summed E-state index contributed by atoms with van der Waals surface area (Å²) in [6, 6.07) is 5.79. The fourth-order valence-electron chi connectivity index (χ4n) is 2.59. The number of carbonyl (C=O) groups is 1. The molecule has 0 spiro atoms. The van der Waals surface area contributed by atoms with Crippen LogP contribution in [0.15, 0.2) is 22.7 Å². The molecular weight excluding hydrogens is 304 g/mol. The predicted molar refractivity (Wildman–Crippen MR) is 81.4 cm³/mol. The standard InChI is InChI=1S/C15H21BrN2O/c1-11-13(6-3-7-14(11)16)15(19)18(2)10-12-5-4-8-17-9-12/h3,6-7,12,17H,4-5,8-10H2,1-2H3. The summed E-state index contributed by atoms with van der Waals surface area (Å²) in [4.78, 5) is 14.3. The van der Waals surface area contributed by atoms with Gasteiger partial charge < -0.3 is 10.2 Å². The van der Waals surface area contributed by atoms with Gasteiger partial charge in [0.25, 0.3) is 5.91 Å². The van der Waals surface area contributed by atoms with Gasteiger partial charge in [-0.25, -0.2) is 0 Å². The van der Waals surface area contributed by atoms with Crippen LogP contribution in [0.25, 0.3) is 0 Å². The molecule has 4 heteroatoms. The van der Waals surface area contributed by atoms with Gasteiger partial charge in [0, 0.05) is 23.6 Å². The molecule has 1 amide bonds. The first-order chi connectivity index (χ1) is 9.09. The van der Waals surface area contributed by atoms with Crippen LogP contribution >= 0.6 is 15.9 Å². The summed E-state index contributed by atoms with van der Waals surface area (Å²) >= 11 is 3.48. The van der Waals surface area contributed by atoms with Crippen molar-refractivity contribution in [2.45, 2.75) is 19.8 Å². The smallest absolute Gasteiger partial charge is 0.253 e. The number of benzene rings is 1. The van der Waals surface area contributed by atoms with E-state index in [4.69, 9.17) is 0 Å². The van der Waals surface area contributed by atoms with Crippen LogP contribution in [-0.2, 0) is 0 Å². The number of amides is 1. The van der Waals surface area contributed by atoms with Gasteiger partial charge in [0.2, 0.25) is 0 Å². The lowest BCUT2D eigenvalue weighted by Gasteiger charge is -2.28. The van der Waals surface area contributed by atoms with Crippen molar-refractivity contribution < 1.29 is 4.79 Å². The highest BCUT2D eigenvalue weighted by molar-refractivity contribution is 9.10. The monoisotopic (exact) mass is 324 g/mol. The molecule has 1 aromatic carbocycles. The molecule has 1 heterocycles. The van der Waals surface area contributed by atoms with Crippen molar-refractivity contribution in [1.29, 1.82) is 0 Å². The minimum absolute atomic E-state index is 0.115. The lowest BCUT2D eigenvalue weighted by Crippen LogP contribution is -2.39. The number of halogens is 1. The molecule has 0 aliphatic carbocycles. The maximum Gasteiger partial charge on any atom is 0.253 e. The Morgan fingerprint density at radius 3 is 3.00 bits per heavy atom. The number of rotatable bonds is 3. The molecule has 1 N–H and O–H groups in total. The molecule has 1 unspecified atom stereocenters. The normalized spacial score (nSPS) is 19.2. The molecule has 19 heavy (non-hydrogen) atoms. The number of nitrogens with one attached hydrogen (secondary N) is 1. The van der Waals surface area contributed by atoms with E-state index in [1.54, 1.807) is 0 Å². The topological polar surface area (TPSA) is 32.3 Å². The molecule has 1 saturated heterocycles. The van der Waals surface area contributed by atoms with Crippen molar-refractivity contribution in [1.82, 2.24) is 10.2 Å². The largest absolute Gasteiger partial charge is 0.341 e. The molecule has 3 nitrogen and oxygen atoms in total. The van der Waals surface area contributed by atoms with E-state index in [0.717, 1.165) is 35.2 Å². The first-order valence-corrected chi connectivity index (χ1v) is 7.60. The molecule has 1 fully saturated rings. The van der Waals surface area contributed by atoms with Gasteiger partial charge in [-0.15, -0.1) is 0 Å². The highest BCUT2D eigenvalue weighted by Gasteiger charge is 2.20. The van der Waals surface area contributed by atoms with Crippen molar-refractivity contribution in [2.24, 2.45) is 5.92 Å². The van der Waals surface area contributed by atoms with E-state index in [2.05, 4.69) is 21.2 Å². The molecule has 0 radical (unpaired) electrons. The van der Waals surface area contributed by atoms with E-state index < -0.39 is 0 Å². The van der Waals surface area contributed by atoms with Crippen LogP contribution in [0.2, 0.25) is 0 Å². The first kappa shape index (κ1) is 14.5. The lowest BCUT2D eigenvalue weighted by atomic mass is 9.98. The fraction of sp³-hybridized carbons (Fsp3) is 0.533. The highest BCUT2D eigenvalue weighted by Crippen LogP contribution is 2.21. The Hall–Kier alpha value is -0.870. The third-order valence-electron chi connectivity index (χ3n) is 3.78. The van der Waals surface area contributed by atoms with Crippen LogP contribution in [0, 0.1) is 12.8 Å². The number of hydrogen-bond donors (Lipinski definition) is 1. The predicted octanol–water partition coefficient (Wildman–Crippen LogP) is 2.83. The summed E-state index contributed by atoms with van der Waals surface area (Å²) in [7, 11) is 1.90. The van der Waals surface area contributed by atoms with Crippen LogP contribution in [0.5, 0.6) is 0 Å². The Labute approximate surface area is 123 Å². The van der Waals surface area contributed by atoms with Crippen molar-refractivity contribution in [3.8, 4) is 0 Å². The second kappa shape index (κ2) is 6.53. The average molecular weight is 325 g/mol. The van der Waals surface area contributed by atoms with Crippen molar-refractivity contribution in [2.75, 3.05) is 26.7 Å². The third-order valence-corrected chi connectivity index (χ3v) is 4.63. The zero-order chi connectivity index (χ0) is 13.8. The van der Waals surface area contributed by atoms with Gasteiger partial charge in [0.1, 0.15) is 0 Å². The molecule has 0 aromatic heterocycles. The Morgan fingerprint density at radius 2 is 2.32 bits per heavy atom. The molecular formula is C15H21BrN2O. The van der Waals surface area contributed by atoms with Gasteiger partial charge in [-0.05, 0) is 56.5 Å². The molecule has 2 rings (SSSR count). The van der Waals surface area contributed by atoms with Gasteiger partial charge in [-0.2, -0.15) is 0 Å². The second-order valence-electron chi connectivity index (χ2n) is 5.31. The number of nitrogens with zero attached hydrogens (tertiary/aromatic N) is 1. The third kappa shape index (κ3) is 3.57. The van der Waals surface area contributed by atoms with E-state index >= 15 is 0 Å². The second-order valence-corrected chi connectivity index (χ2v) is 6.16. The van der Waals surface area contributed by atoms with Gasteiger partial charge in [-0.1, -0.05) is 22.0 Å². The van der Waals surface area contributed by atoms with E-state index in [1.165, 1.54) is 12.8 Å². The summed E-state index contributed by atoms with van der Waals surface area (Å²) in [6.07, 6.45) is 2.42. The molecule has 104 valence electrons. The summed E-state index contributed by atoms with van der Waals surface area (Å²) in [6.45, 7) is 4.94. The average Bonchev–Trinajstić information content (AvgIpc) is 2.42. The van der Waals surface area contributed by atoms with E-state index in [-0.39, 0.29) is 5.91 Å². The molecule has 0 bridgehead atoms. The molecule has 0 saturated carbocycles. The zero-order valence-corrected chi connectivity index (χ0v) is 13.2. The fourth-order valence-corrected chi connectivity index (χ4v) is 2.96. The Balaban J connectivity index is 2.03. The van der Waals surface area contributed by atoms with Gasteiger partial charge in [0.05, 0.1) is 0 Å². The lowest BCUT2D eigenvalue weighted by molar-refractivity contribution is 0.0764. The number of hydrogen-bond acceptors (Lipinski definition) is 2. The zero-order valence-electron chi connectivity index (χ0n) is 11.6. The number of carbonyl (C=O) groups excluding carboxylic acids is 1. The Kier molecular flexibility index (Phi) is 4.99. The van der Waals surface area contributed by atoms with Gasteiger partial charge in [-0.3, -0.25) is 4.79 Å². The summed E-state index contributed by atoms with van der Waals surface area (Å²) < 4.78 is 0.992. The number of piperidine rings is 1. The van der Waals surface area contributed by atoms with Crippen molar-refractivity contribution in [3.63, 3.8) is 0 Å². The van der Waals surface area contributed by atoms with E-state index in [1.807, 2.05) is 37.1 Å². The minimum atomic E-state index is 0.115. The minimum Gasteiger partial charge on any atom is -0.341 e. The van der Waals surface area contributed by atoms with E-state index in [9.17, 15) is 4.79 Å². The Morgan fingerprint density at radius 1 is 1.53 bits per heavy atom. The van der Waals surface area contributed by atoms with Crippen molar-refractivity contribution in [3.05, 3.63) is 33.8 Å². The summed E-state index contributed by atoms with van der Waals surface area (Å²) in [5, 5.41) is 3.39. The van der Waals surface area contributed by atoms with Crippen LogP contribution in [0.4, 0.5) is 0 Å².